The highest BCUT2D eigenvalue weighted by molar-refractivity contribution is 5.83. The number of likely N-dealkylation sites (tertiary alicyclic amines) is 1. The summed E-state index contributed by atoms with van der Waals surface area (Å²) in [6, 6.07) is 10.7. The Morgan fingerprint density at radius 1 is 1.20 bits per heavy atom. The van der Waals surface area contributed by atoms with Gasteiger partial charge in [-0.25, -0.2) is 0 Å². The average molecular weight is 201 g/mol. The summed E-state index contributed by atoms with van der Waals surface area (Å²) in [4.78, 5) is 13.6. The second-order valence-electron chi connectivity index (χ2n) is 4.62. The molecule has 0 aromatic heterocycles. The van der Waals surface area contributed by atoms with Crippen LogP contribution < -0.4 is 0 Å². The summed E-state index contributed by atoms with van der Waals surface area (Å²) in [7, 11) is 0. The highest BCUT2D eigenvalue weighted by Crippen LogP contribution is 2.39. The number of rotatable bonds is 3. The van der Waals surface area contributed by atoms with E-state index >= 15 is 0 Å². The molecule has 78 valence electrons. The fraction of sp³-hybridized carbons (Fsp3) is 0.462. The lowest BCUT2D eigenvalue weighted by atomic mass is 9.93. The van der Waals surface area contributed by atoms with E-state index in [0.717, 1.165) is 12.5 Å². The highest BCUT2D eigenvalue weighted by atomic mass is 16.2. The van der Waals surface area contributed by atoms with E-state index in [1.165, 1.54) is 18.4 Å². The van der Waals surface area contributed by atoms with Crippen molar-refractivity contribution in [2.24, 2.45) is 5.92 Å². The maximum absolute atomic E-state index is 11.5. The summed E-state index contributed by atoms with van der Waals surface area (Å²) >= 11 is 0. The minimum absolute atomic E-state index is 0.329. The van der Waals surface area contributed by atoms with Crippen molar-refractivity contribution in [2.75, 3.05) is 6.54 Å². The second-order valence-corrected chi connectivity index (χ2v) is 4.62. The van der Waals surface area contributed by atoms with E-state index < -0.39 is 0 Å². The Hall–Kier alpha value is -1.31. The lowest BCUT2D eigenvalue weighted by Gasteiger charge is -2.41. The number of β-lactam (4-membered cyclic amide) rings is 1. The van der Waals surface area contributed by atoms with Crippen molar-refractivity contribution in [3.8, 4) is 0 Å². The normalized spacial score (nSPS) is 25.2. The van der Waals surface area contributed by atoms with Gasteiger partial charge in [0.15, 0.2) is 0 Å². The largest absolute Gasteiger partial charge is 0.335 e. The molecule has 2 aliphatic rings. The molecule has 1 atom stereocenters. The number of carbonyl (C=O) groups excluding carboxylic acids is 1. The molecular formula is C13H15NO. The predicted molar refractivity (Wildman–Crippen MR) is 58.2 cm³/mol. The van der Waals surface area contributed by atoms with Crippen molar-refractivity contribution in [3.05, 3.63) is 35.9 Å². The van der Waals surface area contributed by atoms with E-state index in [1.807, 2.05) is 23.1 Å². The molecule has 3 rings (SSSR count). The standard InChI is InChI=1S/C13H15NO/c15-13-8-12(11-4-2-1-3-5-11)14(13)9-10-6-7-10/h1-5,10,12H,6-9H2. The highest BCUT2D eigenvalue weighted by Gasteiger charge is 2.39. The summed E-state index contributed by atoms with van der Waals surface area (Å²) in [5.74, 6) is 1.12. The van der Waals surface area contributed by atoms with Crippen LogP contribution in [0.3, 0.4) is 0 Å². The van der Waals surface area contributed by atoms with Crippen molar-refractivity contribution < 1.29 is 4.79 Å². The number of amides is 1. The van der Waals surface area contributed by atoms with Crippen molar-refractivity contribution in [1.82, 2.24) is 4.90 Å². The van der Waals surface area contributed by atoms with E-state index in [0.29, 0.717) is 18.4 Å². The number of hydrogen-bond acceptors (Lipinski definition) is 1. The third-order valence-corrected chi connectivity index (χ3v) is 3.40. The lowest BCUT2D eigenvalue weighted by Crippen LogP contribution is -2.47. The van der Waals surface area contributed by atoms with Crippen molar-refractivity contribution in [2.45, 2.75) is 25.3 Å². The molecule has 2 heteroatoms. The van der Waals surface area contributed by atoms with Crippen LogP contribution in [0.4, 0.5) is 0 Å². The molecule has 1 aliphatic carbocycles. The van der Waals surface area contributed by atoms with Crippen LogP contribution in [0.1, 0.15) is 30.9 Å². The van der Waals surface area contributed by atoms with Crippen LogP contribution in [0.25, 0.3) is 0 Å². The summed E-state index contributed by atoms with van der Waals surface area (Å²) in [5.41, 5.74) is 1.29. The van der Waals surface area contributed by atoms with Gasteiger partial charge in [0, 0.05) is 6.54 Å². The molecule has 1 aromatic rings. The monoisotopic (exact) mass is 201 g/mol. The van der Waals surface area contributed by atoms with Gasteiger partial charge in [-0.2, -0.15) is 0 Å². The molecule has 2 fully saturated rings. The molecule has 1 heterocycles. The summed E-state index contributed by atoms with van der Waals surface area (Å²) in [6.07, 6.45) is 3.33. The molecule has 0 radical (unpaired) electrons. The van der Waals surface area contributed by atoms with Gasteiger partial charge in [0.25, 0.3) is 0 Å². The van der Waals surface area contributed by atoms with E-state index in [2.05, 4.69) is 12.1 Å². The molecule has 0 bridgehead atoms. The Morgan fingerprint density at radius 2 is 1.93 bits per heavy atom. The van der Waals surface area contributed by atoms with Gasteiger partial charge in [0.05, 0.1) is 12.5 Å². The van der Waals surface area contributed by atoms with Crippen molar-refractivity contribution >= 4 is 5.91 Å². The summed E-state index contributed by atoms with van der Waals surface area (Å²) in [5, 5.41) is 0. The smallest absolute Gasteiger partial charge is 0.225 e. The fourth-order valence-electron chi connectivity index (χ4n) is 2.23. The van der Waals surface area contributed by atoms with Gasteiger partial charge in [-0.15, -0.1) is 0 Å². The molecule has 1 saturated heterocycles. The van der Waals surface area contributed by atoms with Crippen molar-refractivity contribution in [3.63, 3.8) is 0 Å². The first-order valence-corrected chi connectivity index (χ1v) is 5.69. The van der Waals surface area contributed by atoms with Crippen molar-refractivity contribution in [1.29, 1.82) is 0 Å². The third-order valence-electron chi connectivity index (χ3n) is 3.40. The average Bonchev–Trinajstić information content (AvgIpc) is 3.08. The molecule has 1 amide bonds. The molecular weight excluding hydrogens is 186 g/mol. The van der Waals surface area contributed by atoms with Gasteiger partial charge >= 0.3 is 0 Å². The third kappa shape index (κ3) is 1.65. The van der Waals surface area contributed by atoms with Crippen LogP contribution >= 0.6 is 0 Å². The molecule has 2 nitrogen and oxygen atoms in total. The molecule has 1 unspecified atom stereocenters. The zero-order valence-electron chi connectivity index (χ0n) is 8.73. The van der Waals surface area contributed by atoms with E-state index in [9.17, 15) is 4.79 Å². The summed E-state index contributed by atoms with van der Waals surface area (Å²) < 4.78 is 0. The first kappa shape index (κ1) is 8.96. The van der Waals surface area contributed by atoms with Crippen LogP contribution in [0.15, 0.2) is 30.3 Å². The zero-order chi connectivity index (χ0) is 10.3. The Balaban J connectivity index is 1.73. The first-order chi connectivity index (χ1) is 7.34. The van der Waals surface area contributed by atoms with Gasteiger partial charge in [-0.1, -0.05) is 30.3 Å². The molecule has 1 aromatic carbocycles. The number of nitrogens with zero attached hydrogens (tertiary/aromatic N) is 1. The van der Waals surface area contributed by atoms with Crippen LogP contribution in [0.2, 0.25) is 0 Å². The zero-order valence-corrected chi connectivity index (χ0v) is 8.73. The maximum atomic E-state index is 11.5. The Bertz CT molecular complexity index is 369. The molecule has 1 saturated carbocycles. The topological polar surface area (TPSA) is 20.3 Å². The minimum atomic E-state index is 0.329. The molecule has 0 N–H and O–H groups in total. The first-order valence-electron chi connectivity index (χ1n) is 5.69. The van der Waals surface area contributed by atoms with E-state index in [4.69, 9.17) is 0 Å². The quantitative estimate of drug-likeness (QED) is 0.687. The molecule has 0 spiro atoms. The van der Waals surface area contributed by atoms with Gasteiger partial charge in [0.2, 0.25) is 5.91 Å². The SMILES string of the molecule is O=C1CC(c2ccccc2)N1CC1CC1. The Morgan fingerprint density at radius 3 is 2.53 bits per heavy atom. The van der Waals surface area contributed by atoms with Crippen LogP contribution in [-0.2, 0) is 4.79 Å². The second kappa shape index (κ2) is 3.37. The number of hydrogen-bond donors (Lipinski definition) is 0. The number of carbonyl (C=O) groups is 1. The minimum Gasteiger partial charge on any atom is -0.335 e. The summed E-state index contributed by atoms with van der Waals surface area (Å²) in [6.45, 7) is 0.985. The Kier molecular flexibility index (Phi) is 2.01. The van der Waals surface area contributed by atoms with Crippen LogP contribution in [0, 0.1) is 5.92 Å². The molecule has 15 heavy (non-hydrogen) atoms. The van der Waals surface area contributed by atoms with Gasteiger partial charge in [-0.3, -0.25) is 4.79 Å². The van der Waals surface area contributed by atoms with E-state index in [1.54, 1.807) is 0 Å². The maximum Gasteiger partial charge on any atom is 0.225 e. The number of benzene rings is 1. The van der Waals surface area contributed by atoms with Gasteiger partial charge < -0.3 is 4.90 Å². The fourth-order valence-corrected chi connectivity index (χ4v) is 2.23. The van der Waals surface area contributed by atoms with E-state index in [-0.39, 0.29) is 0 Å². The predicted octanol–water partition coefficient (Wildman–Crippen LogP) is 2.37. The van der Waals surface area contributed by atoms with Gasteiger partial charge in [0.1, 0.15) is 0 Å². The van der Waals surface area contributed by atoms with Crippen LogP contribution in [0.5, 0.6) is 0 Å². The van der Waals surface area contributed by atoms with Crippen LogP contribution in [-0.4, -0.2) is 17.4 Å². The molecule has 1 aliphatic heterocycles. The Labute approximate surface area is 89.9 Å². The van der Waals surface area contributed by atoms with Gasteiger partial charge in [-0.05, 0) is 24.3 Å². The lowest BCUT2D eigenvalue weighted by molar-refractivity contribution is -0.146.